The minimum absolute atomic E-state index is 0.00385. The summed E-state index contributed by atoms with van der Waals surface area (Å²) in [5.74, 6) is 0.445. The van der Waals surface area contributed by atoms with Crippen molar-refractivity contribution in [1.82, 2.24) is 5.32 Å². The van der Waals surface area contributed by atoms with Crippen molar-refractivity contribution in [2.45, 2.75) is 45.2 Å². The summed E-state index contributed by atoms with van der Waals surface area (Å²) >= 11 is 0. The fourth-order valence-electron chi connectivity index (χ4n) is 1.84. The molecule has 0 aromatic rings. The van der Waals surface area contributed by atoms with Crippen LogP contribution in [0, 0.1) is 5.92 Å². The summed E-state index contributed by atoms with van der Waals surface area (Å²) in [6.45, 7) is 7.84. The van der Waals surface area contributed by atoms with Crippen LogP contribution in [0.1, 0.15) is 33.6 Å². The zero-order valence-corrected chi connectivity index (χ0v) is 9.38. The molecule has 1 unspecified atom stereocenters. The molecule has 14 heavy (non-hydrogen) atoms. The molecule has 0 aromatic carbocycles. The number of carbonyl (C=O) groups excluding carboxylic acids is 1. The lowest BCUT2D eigenvalue weighted by Gasteiger charge is -2.32. The van der Waals surface area contributed by atoms with Gasteiger partial charge in [-0.1, -0.05) is 0 Å². The van der Waals surface area contributed by atoms with Crippen molar-refractivity contribution in [3.05, 3.63) is 0 Å². The van der Waals surface area contributed by atoms with Crippen LogP contribution >= 0.6 is 0 Å². The lowest BCUT2D eigenvalue weighted by atomic mass is 9.91. The van der Waals surface area contributed by atoms with Crippen LogP contribution in [0.3, 0.4) is 0 Å². The van der Waals surface area contributed by atoms with Crippen LogP contribution in [0.15, 0.2) is 0 Å². The average Bonchev–Trinajstić information content (AvgIpc) is 2.14. The van der Waals surface area contributed by atoms with E-state index in [9.17, 15) is 4.79 Å². The summed E-state index contributed by atoms with van der Waals surface area (Å²) in [5, 5.41) is 3.35. The highest BCUT2D eigenvalue weighted by atomic mass is 16.5. The zero-order chi connectivity index (χ0) is 10.6. The van der Waals surface area contributed by atoms with Crippen molar-refractivity contribution in [1.29, 1.82) is 0 Å². The Balaban J connectivity index is 2.47. The van der Waals surface area contributed by atoms with Gasteiger partial charge in [-0.05, 0) is 39.5 Å². The monoisotopic (exact) mass is 199 g/mol. The van der Waals surface area contributed by atoms with Gasteiger partial charge in [0, 0.05) is 18.8 Å². The number of aldehydes is 1. The fourth-order valence-corrected chi connectivity index (χ4v) is 1.84. The molecule has 1 rings (SSSR count). The smallest absolute Gasteiger partial charge is 0.137 e. The van der Waals surface area contributed by atoms with Crippen LogP contribution in [-0.4, -0.2) is 31.1 Å². The highest BCUT2D eigenvalue weighted by molar-refractivity contribution is 5.58. The topological polar surface area (TPSA) is 38.3 Å². The first kappa shape index (κ1) is 11.7. The van der Waals surface area contributed by atoms with E-state index in [0.717, 1.165) is 32.3 Å². The Kier molecular flexibility index (Phi) is 4.08. The maximum Gasteiger partial charge on any atom is 0.137 e. The van der Waals surface area contributed by atoms with Crippen LogP contribution in [0.25, 0.3) is 0 Å². The van der Waals surface area contributed by atoms with Crippen molar-refractivity contribution >= 4 is 6.29 Å². The Hall–Kier alpha value is -0.410. The number of hydrogen-bond donors (Lipinski definition) is 1. The molecule has 0 aromatic heterocycles. The van der Waals surface area contributed by atoms with Gasteiger partial charge in [0.25, 0.3) is 0 Å². The van der Waals surface area contributed by atoms with Gasteiger partial charge < -0.3 is 14.8 Å². The third kappa shape index (κ3) is 3.76. The zero-order valence-electron chi connectivity index (χ0n) is 9.38. The summed E-state index contributed by atoms with van der Waals surface area (Å²) in [6, 6.07) is -0.0149. The third-order valence-electron chi connectivity index (χ3n) is 2.52. The van der Waals surface area contributed by atoms with Crippen molar-refractivity contribution < 1.29 is 9.53 Å². The molecular weight excluding hydrogens is 178 g/mol. The van der Waals surface area contributed by atoms with Crippen molar-refractivity contribution in [2.75, 3.05) is 13.2 Å². The summed E-state index contributed by atoms with van der Waals surface area (Å²) in [7, 11) is 0. The van der Waals surface area contributed by atoms with Crippen LogP contribution < -0.4 is 5.32 Å². The molecule has 1 saturated heterocycles. The molecule has 1 aliphatic heterocycles. The Morgan fingerprint density at radius 1 is 1.36 bits per heavy atom. The molecule has 0 spiro atoms. The van der Waals surface area contributed by atoms with Crippen LogP contribution in [0.4, 0.5) is 0 Å². The predicted molar refractivity (Wildman–Crippen MR) is 56.3 cm³/mol. The van der Waals surface area contributed by atoms with Gasteiger partial charge in [0.15, 0.2) is 0 Å². The summed E-state index contributed by atoms with van der Waals surface area (Å²) in [4.78, 5) is 11.0. The molecule has 82 valence electrons. The molecule has 0 radical (unpaired) electrons. The van der Waals surface area contributed by atoms with E-state index in [2.05, 4.69) is 26.1 Å². The molecule has 1 fully saturated rings. The van der Waals surface area contributed by atoms with Crippen molar-refractivity contribution in [3.63, 3.8) is 0 Å². The number of ether oxygens (including phenoxy) is 1. The normalized spacial score (nSPS) is 21.9. The molecule has 0 aliphatic carbocycles. The van der Waals surface area contributed by atoms with E-state index in [-0.39, 0.29) is 11.6 Å². The molecule has 3 nitrogen and oxygen atoms in total. The SMILES string of the molecule is CC(C)(C)NC(C=O)C1CCOCC1. The molecule has 0 amide bonds. The Morgan fingerprint density at radius 3 is 2.36 bits per heavy atom. The van der Waals surface area contributed by atoms with Crippen LogP contribution in [-0.2, 0) is 9.53 Å². The number of rotatable bonds is 3. The Morgan fingerprint density at radius 2 is 1.93 bits per heavy atom. The first-order chi connectivity index (χ1) is 6.53. The van der Waals surface area contributed by atoms with E-state index in [1.54, 1.807) is 0 Å². The number of carbonyl (C=O) groups is 1. The largest absolute Gasteiger partial charge is 0.381 e. The first-order valence-electron chi connectivity index (χ1n) is 5.33. The van der Waals surface area contributed by atoms with Crippen LogP contribution in [0.2, 0.25) is 0 Å². The maximum atomic E-state index is 11.0. The summed E-state index contributed by atoms with van der Waals surface area (Å²) < 4.78 is 5.28. The van der Waals surface area contributed by atoms with Gasteiger partial charge in [-0.25, -0.2) is 0 Å². The summed E-state index contributed by atoms with van der Waals surface area (Å²) in [5.41, 5.74) is 0.00385. The second-order valence-corrected chi connectivity index (χ2v) is 5.01. The third-order valence-corrected chi connectivity index (χ3v) is 2.52. The summed E-state index contributed by atoms with van der Waals surface area (Å²) in [6.07, 6.45) is 3.03. The van der Waals surface area contributed by atoms with Gasteiger partial charge in [0.05, 0.1) is 6.04 Å². The van der Waals surface area contributed by atoms with E-state index in [1.165, 1.54) is 0 Å². The average molecular weight is 199 g/mol. The van der Waals surface area contributed by atoms with E-state index in [0.29, 0.717) is 5.92 Å². The molecule has 1 heterocycles. The van der Waals surface area contributed by atoms with Crippen molar-refractivity contribution in [3.8, 4) is 0 Å². The van der Waals surface area contributed by atoms with E-state index < -0.39 is 0 Å². The number of nitrogens with one attached hydrogen (secondary N) is 1. The fraction of sp³-hybridized carbons (Fsp3) is 0.909. The predicted octanol–water partition coefficient (Wildman–Crippen LogP) is 1.37. The van der Waals surface area contributed by atoms with E-state index in [1.807, 2.05) is 0 Å². The lowest BCUT2D eigenvalue weighted by molar-refractivity contribution is -0.112. The molecule has 0 saturated carbocycles. The van der Waals surface area contributed by atoms with Gasteiger partial charge >= 0.3 is 0 Å². The Bertz CT molecular complexity index is 180. The van der Waals surface area contributed by atoms with Crippen molar-refractivity contribution in [2.24, 2.45) is 5.92 Å². The second kappa shape index (κ2) is 4.89. The van der Waals surface area contributed by atoms with Gasteiger partial charge in [-0.3, -0.25) is 0 Å². The maximum absolute atomic E-state index is 11.0. The molecular formula is C11H21NO2. The van der Waals surface area contributed by atoms with Crippen LogP contribution in [0.5, 0.6) is 0 Å². The molecule has 1 N–H and O–H groups in total. The molecule has 1 atom stereocenters. The second-order valence-electron chi connectivity index (χ2n) is 5.01. The van der Waals surface area contributed by atoms with Gasteiger partial charge in [-0.15, -0.1) is 0 Å². The van der Waals surface area contributed by atoms with Gasteiger partial charge in [-0.2, -0.15) is 0 Å². The van der Waals surface area contributed by atoms with E-state index >= 15 is 0 Å². The number of hydrogen-bond acceptors (Lipinski definition) is 3. The van der Waals surface area contributed by atoms with E-state index in [4.69, 9.17) is 4.74 Å². The highest BCUT2D eigenvalue weighted by Gasteiger charge is 2.26. The minimum Gasteiger partial charge on any atom is -0.381 e. The molecule has 1 aliphatic rings. The standard InChI is InChI=1S/C11H21NO2/c1-11(2,3)12-10(8-13)9-4-6-14-7-5-9/h8-10,12H,4-7H2,1-3H3. The molecule has 3 heteroatoms. The highest BCUT2D eigenvalue weighted by Crippen LogP contribution is 2.19. The minimum atomic E-state index is -0.0149. The van der Waals surface area contributed by atoms with Gasteiger partial charge in [0.2, 0.25) is 0 Å². The molecule has 0 bridgehead atoms. The Labute approximate surface area is 86.2 Å². The van der Waals surface area contributed by atoms with Gasteiger partial charge in [0.1, 0.15) is 6.29 Å². The lowest BCUT2D eigenvalue weighted by Crippen LogP contribution is -2.49. The quantitative estimate of drug-likeness (QED) is 0.698. The first-order valence-corrected chi connectivity index (χ1v) is 5.33.